The number of nitro groups is 1. The zero-order valence-electron chi connectivity index (χ0n) is 11.3. The van der Waals surface area contributed by atoms with Crippen molar-refractivity contribution in [1.29, 1.82) is 0 Å². The van der Waals surface area contributed by atoms with Gasteiger partial charge in [-0.25, -0.2) is 0 Å². The Morgan fingerprint density at radius 3 is 2.85 bits per heavy atom. The first-order chi connectivity index (χ1) is 9.61. The van der Waals surface area contributed by atoms with Crippen molar-refractivity contribution in [3.05, 3.63) is 57.9 Å². The molecule has 0 bridgehead atoms. The summed E-state index contributed by atoms with van der Waals surface area (Å²) in [6.45, 7) is 2.54. The first-order valence-corrected chi connectivity index (χ1v) is 6.08. The highest BCUT2D eigenvalue weighted by Gasteiger charge is 2.14. The van der Waals surface area contributed by atoms with E-state index >= 15 is 0 Å². The third-order valence-corrected chi connectivity index (χ3v) is 2.95. The average molecular weight is 273 g/mol. The van der Waals surface area contributed by atoms with E-state index in [0.717, 1.165) is 16.9 Å². The molecule has 104 valence electrons. The van der Waals surface area contributed by atoms with Gasteiger partial charge in [0.1, 0.15) is 0 Å². The Balaban J connectivity index is 2.15. The molecule has 0 saturated carbocycles. The topological polar surface area (TPSA) is 77.3 Å². The summed E-state index contributed by atoms with van der Waals surface area (Å²) < 4.78 is 5.03. The van der Waals surface area contributed by atoms with Gasteiger partial charge in [0.25, 0.3) is 0 Å². The third kappa shape index (κ3) is 3.03. The summed E-state index contributed by atoms with van der Waals surface area (Å²) in [5.41, 5.74) is 2.73. The molecule has 0 fully saturated rings. The van der Waals surface area contributed by atoms with Gasteiger partial charge in [-0.2, -0.15) is 0 Å². The lowest BCUT2D eigenvalue weighted by Crippen LogP contribution is -2.04. The van der Waals surface area contributed by atoms with Gasteiger partial charge in [-0.05, 0) is 24.6 Å². The number of pyridine rings is 1. The number of hydrogen-bond donors (Lipinski definition) is 1. The summed E-state index contributed by atoms with van der Waals surface area (Å²) in [6.07, 6.45) is 1.74. The normalized spacial score (nSPS) is 10.1. The average Bonchev–Trinajstić information content (AvgIpc) is 2.46. The van der Waals surface area contributed by atoms with Crippen LogP contribution in [0.2, 0.25) is 0 Å². The quantitative estimate of drug-likeness (QED) is 0.669. The monoisotopic (exact) mass is 273 g/mol. The minimum absolute atomic E-state index is 0.0490. The summed E-state index contributed by atoms with van der Waals surface area (Å²) in [7, 11) is 1.41. The number of aryl methyl sites for hydroxylation is 1. The maximum absolute atomic E-state index is 10.8. The lowest BCUT2D eigenvalue weighted by molar-refractivity contribution is -0.385. The van der Waals surface area contributed by atoms with Crippen LogP contribution in [0, 0.1) is 17.0 Å². The molecule has 0 atom stereocenters. The van der Waals surface area contributed by atoms with Crippen LogP contribution in [0.5, 0.6) is 5.75 Å². The second-order valence-electron chi connectivity index (χ2n) is 4.26. The molecule has 0 aliphatic heterocycles. The molecule has 1 aromatic carbocycles. The van der Waals surface area contributed by atoms with E-state index in [1.165, 1.54) is 13.2 Å². The number of methoxy groups -OCH3 is 1. The maximum atomic E-state index is 10.8. The molecule has 0 radical (unpaired) electrons. The Morgan fingerprint density at radius 2 is 2.20 bits per heavy atom. The van der Waals surface area contributed by atoms with Crippen LogP contribution in [0.25, 0.3) is 0 Å². The van der Waals surface area contributed by atoms with Crippen LogP contribution in [0.3, 0.4) is 0 Å². The smallest absolute Gasteiger partial charge is 0.311 e. The van der Waals surface area contributed by atoms with Crippen molar-refractivity contribution in [2.75, 3.05) is 12.4 Å². The molecular formula is C14H15N3O3. The first kappa shape index (κ1) is 13.8. The Kier molecular flexibility index (Phi) is 4.14. The summed E-state index contributed by atoms with van der Waals surface area (Å²) in [5.74, 6) is 0.234. The number of nitrogens with zero attached hydrogens (tertiary/aromatic N) is 2. The number of hydrogen-bond acceptors (Lipinski definition) is 5. The predicted molar refractivity (Wildman–Crippen MR) is 75.9 cm³/mol. The van der Waals surface area contributed by atoms with Gasteiger partial charge in [0, 0.05) is 24.0 Å². The summed E-state index contributed by atoms with van der Waals surface area (Å²) in [5, 5.41) is 14.0. The Hall–Kier alpha value is -2.63. The molecule has 1 N–H and O–H groups in total. The maximum Gasteiger partial charge on any atom is 0.311 e. The molecule has 0 amide bonds. The van der Waals surface area contributed by atoms with Crippen LogP contribution in [0.1, 0.15) is 11.3 Å². The Morgan fingerprint density at radius 1 is 1.40 bits per heavy atom. The lowest BCUT2D eigenvalue weighted by Gasteiger charge is -2.09. The molecule has 1 heterocycles. The standard InChI is InChI=1S/C14H15N3O3/c1-10-4-3-7-15-12(10)9-16-11-5-6-13(17(18)19)14(8-11)20-2/h3-8,16H,9H2,1-2H3. The van der Waals surface area contributed by atoms with Gasteiger partial charge in [0.2, 0.25) is 0 Å². The van der Waals surface area contributed by atoms with E-state index < -0.39 is 4.92 Å². The molecule has 2 rings (SSSR count). The second-order valence-corrected chi connectivity index (χ2v) is 4.26. The van der Waals surface area contributed by atoms with Crippen molar-refractivity contribution in [2.24, 2.45) is 0 Å². The van der Waals surface area contributed by atoms with E-state index in [9.17, 15) is 10.1 Å². The number of aromatic nitrogens is 1. The molecule has 1 aromatic heterocycles. The van der Waals surface area contributed by atoms with Crippen LogP contribution in [0.4, 0.5) is 11.4 Å². The van der Waals surface area contributed by atoms with Crippen LogP contribution in [0.15, 0.2) is 36.5 Å². The Labute approximate surface area is 116 Å². The second kappa shape index (κ2) is 6.01. The van der Waals surface area contributed by atoms with E-state index in [1.54, 1.807) is 18.3 Å². The SMILES string of the molecule is COc1cc(NCc2ncccc2C)ccc1[N+](=O)[O-]. The van der Waals surface area contributed by atoms with Gasteiger partial charge in [0.15, 0.2) is 5.75 Å². The number of ether oxygens (including phenoxy) is 1. The molecule has 0 saturated heterocycles. The van der Waals surface area contributed by atoms with Gasteiger partial charge in [0.05, 0.1) is 24.3 Å². The van der Waals surface area contributed by atoms with Crippen molar-refractivity contribution in [3.63, 3.8) is 0 Å². The zero-order chi connectivity index (χ0) is 14.5. The predicted octanol–water partition coefficient (Wildman–Crippen LogP) is 2.92. The van der Waals surface area contributed by atoms with Gasteiger partial charge in [-0.3, -0.25) is 15.1 Å². The van der Waals surface area contributed by atoms with Crippen molar-refractivity contribution in [2.45, 2.75) is 13.5 Å². The van der Waals surface area contributed by atoms with E-state index in [4.69, 9.17) is 4.74 Å². The molecule has 0 spiro atoms. The molecule has 0 aliphatic carbocycles. The van der Waals surface area contributed by atoms with Crippen LogP contribution in [-0.2, 0) is 6.54 Å². The lowest BCUT2D eigenvalue weighted by atomic mass is 10.2. The summed E-state index contributed by atoms with van der Waals surface area (Å²) in [6, 6.07) is 8.55. The third-order valence-electron chi connectivity index (χ3n) is 2.95. The Bertz CT molecular complexity index is 629. The van der Waals surface area contributed by atoms with Gasteiger partial charge >= 0.3 is 5.69 Å². The van der Waals surface area contributed by atoms with E-state index in [1.807, 2.05) is 19.1 Å². The van der Waals surface area contributed by atoms with Crippen LogP contribution < -0.4 is 10.1 Å². The molecule has 2 aromatic rings. The van der Waals surface area contributed by atoms with Crippen molar-refractivity contribution in [3.8, 4) is 5.75 Å². The van der Waals surface area contributed by atoms with Crippen LogP contribution in [-0.4, -0.2) is 17.0 Å². The van der Waals surface area contributed by atoms with E-state index in [0.29, 0.717) is 6.54 Å². The number of nitro benzene ring substituents is 1. The molecule has 6 heteroatoms. The molecule has 20 heavy (non-hydrogen) atoms. The van der Waals surface area contributed by atoms with Crippen molar-refractivity contribution >= 4 is 11.4 Å². The largest absolute Gasteiger partial charge is 0.490 e. The number of nitrogens with one attached hydrogen (secondary N) is 1. The fourth-order valence-corrected chi connectivity index (χ4v) is 1.83. The van der Waals surface area contributed by atoms with Gasteiger partial charge in [-0.1, -0.05) is 6.07 Å². The minimum Gasteiger partial charge on any atom is -0.490 e. The fourth-order valence-electron chi connectivity index (χ4n) is 1.83. The highest BCUT2D eigenvalue weighted by molar-refractivity contribution is 5.58. The van der Waals surface area contributed by atoms with Gasteiger partial charge < -0.3 is 10.1 Å². The summed E-state index contributed by atoms with van der Waals surface area (Å²) >= 11 is 0. The van der Waals surface area contributed by atoms with Crippen molar-refractivity contribution in [1.82, 2.24) is 4.98 Å². The van der Waals surface area contributed by atoms with Crippen molar-refractivity contribution < 1.29 is 9.66 Å². The molecular weight excluding hydrogens is 258 g/mol. The van der Waals surface area contributed by atoms with Crippen LogP contribution >= 0.6 is 0 Å². The van der Waals surface area contributed by atoms with Gasteiger partial charge in [-0.15, -0.1) is 0 Å². The summed E-state index contributed by atoms with van der Waals surface area (Å²) in [4.78, 5) is 14.6. The fraction of sp³-hybridized carbons (Fsp3) is 0.214. The number of rotatable bonds is 5. The first-order valence-electron chi connectivity index (χ1n) is 6.08. The number of anilines is 1. The highest BCUT2D eigenvalue weighted by Crippen LogP contribution is 2.29. The molecule has 0 aliphatic rings. The van der Waals surface area contributed by atoms with E-state index in [2.05, 4.69) is 10.3 Å². The molecule has 6 nitrogen and oxygen atoms in total. The molecule has 0 unspecified atom stereocenters. The highest BCUT2D eigenvalue weighted by atomic mass is 16.6. The number of benzene rings is 1. The van der Waals surface area contributed by atoms with E-state index in [-0.39, 0.29) is 11.4 Å². The zero-order valence-corrected chi connectivity index (χ0v) is 11.3. The minimum atomic E-state index is -0.467.